The number of benzene rings is 2. The number of rotatable bonds is 3. The molecule has 0 unspecified atom stereocenters. The van der Waals surface area contributed by atoms with Gasteiger partial charge in [-0.25, -0.2) is 4.79 Å². The lowest BCUT2D eigenvalue weighted by atomic mass is 10.1. The lowest BCUT2D eigenvalue weighted by Crippen LogP contribution is -2.23. The highest BCUT2D eigenvalue weighted by atomic mass is 19.4. The number of ether oxygens (including phenoxy) is 1. The summed E-state index contributed by atoms with van der Waals surface area (Å²) in [5.74, 6) is 4.24. The fourth-order valence-electron chi connectivity index (χ4n) is 2.02. The maximum absolute atomic E-state index is 12.6. The normalized spacial score (nSPS) is 10.5. The lowest BCUT2D eigenvalue weighted by molar-refractivity contribution is -0.137. The van der Waals surface area contributed by atoms with Gasteiger partial charge in [0.2, 0.25) is 0 Å². The van der Waals surface area contributed by atoms with E-state index in [9.17, 15) is 22.8 Å². The molecule has 0 bridgehead atoms. The van der Waals surface area contributed by atoms with Gasteiger partial charge in [-0.15, -0.1) is 0 Å². The van der Waals surface area contributed by atoms with E-state index in [2.05, 4.69) is 21.9 Å². The predicted octanol–water partition coefficient (Wildman–Crippen LogP) is 3.27. The quantitative estimate of drug-likeness (QED) is 0.674. The van der Waals surface area contributed by atoms with Crippen molar-refractivity contribution in [3.8, 4) is 11.8 Å². The van der Waals surface area contributed by atoms with Crippen molar-refractivity contribution in [3.63, 3.8) is 0 Å². The molecule has 134 valence electrons. The van der Waals surface area contributed by atoms with Gasteiger partial charge in [0.05, 0.1) is 24.8 Å². The largest absolute Gasteiger partial charge is 0.465 e. The second-order valence-electron chi connectivity index (χ2n) is 5.13. The molecule has 0 saturated heterocycles. The minimum Gasteiger partial charge on any atom is -0.465 e. The molecule has 1 N–H and O–H groups in total. The summed E-state index contributed by atoms with van der Waals surface area (Å²) in [6, 6.07) is 10.5. The number of esters is 1. The summed E-state index contributed by atoms with van der Waals surface area (Å²) in [7, 11) is 1.26. The molecule has 0 aliphatic carbocycles. The van der Waals surface area contributed by atoms with E-state index >= 15 is 0 Å². The van der Waals surface area contributed by atoms with E-state index in [0.29, 0.717) is 11.1 Å². The van der Waals surface area contributed by atoms with E-state index < -0.39 is 23.6 Å². The number of carbonyl (C=O) groups excluding carboxylic acids is 2. The standard InChI is InChI=1S/C19H14F3NO3/c1-26-18(25)15-9-7-14(8-10-15)17(24)23-11-3-5-13-4-2-6-16(12-13)19(20,21)22/h2,4,6-10,12H,11H2,1H3,(H,23,24). The molecule has 0 fully saturated rings. The summed E-state index contributed by atoms with van der Waals surface area (Å²) < 4.78 is 42.4. The summed E-state index contributed by atoms with van der Waals surface area (Å²) in [4.78, 5) is 23.3. The van der Waals surface area contributed by atoms with Gasteiger partial charge in [0.25, 0.3) is 5.91 Å². The maximum Gasteiger partial charge on any atom is 0.416 e. The second kappa shape index (κ2) is 8.21. The van der Waals surface area contributed by atoms with Gasteiger partial charge in [-0.3, -0.25) is 4.79 Å². The Labute approximate surface area is 148 Å². The van der Waals surface area contributed by atoms with Crippen molar-refractivity contribution in [2.75, 3.05) is 13.7 Å². The molecule has 0 saturated carbocycles. The number of carbonyl (C=O) groups is 2. The average molecular weight is 361 g/mol. The molecule has 0 spiro atoms. The van der Waals surface area contributed by atoms with Crippen molar-refractivity contribution in [1.82, 2.24) is 5.32 Å². The summed E-state index contributed by atoms with van der Waals surface area (Å²) >= 11 is 0. The zero-order valence-corrected chi connectivity index (χ0v) is 13.7. The number of nitrogens with one attached hydrogen (secondary N) is 1. The highest BCUT2D eigenvalue weighted by Gasteiger charge is 2.30. The van der Waals surface area contributed by atoms with Crippen LogP contribution in [0.15, 0.2) is 48.5 Å². The van der Waals surface area contributed by atoms with E-state index in [1.165, 1.54) is 43.5 Å². The number of methoxy groups -OCH3 is 1. The fourth-order valence-corrected chi connectivity index (χ4v) is 2.02. The summed E-state index contributed by atoms with van der Waals surface area (Å²) in [5.41, 5.74) is 0.0578. The summed E-state index contributed by atoms with van der Waals surface area (Å²) in [6.07, 6.45) is -4.43. The van der Waals surface area contributed by atoms with E-state index in [1.54, 1.807) is 0 Å². The lowest BCUT2D eigenvalue weighted by Gasteiger charge is -2.05. The van der Waals surface area contributed by atoms with Gasteiger partial charge in [-0.1, -0.05) is 17.9 Å². The highest BCUT2D eigenvalue weighted by molar-refractivity contribution is 5.96. The Morgan fingerprint density at radius 2 is 1.73 bits per heavy atom. The van der Waals surface area contributed by atoms with Crippen LogP contribution in [0.3, 0.4) is 0 Å². The molecule has 0 aliphatic heterocycles. The van der Waals surface area contributed by atoms with Gasteiger partial charge in [0, 0.05) is 11.1 Å². The first-order valence-corrected chi connectivity index (χ1v) is 7.44. The predicted molar refractivity (Wildman–Crippen MR) is 88.4 cm³/mol. The molecule has 0 atom stereocenters. The average Bonchev–Trinajstić information content (AvgIpc) is 2.64. The number of hydrogen-bond donors (Lipinski definition) is 1. The van der Waals surface area contributed by atoms with Crippen LogP contribution in [0.1, 0.15) is 31.8 Å². The highest BCUT2D eigenvalue weighted by Crippen LogP contribution is 2.29. The summed E-state index contributed by atoms with van der Waals surface area (Å²) in [5, 5.41) is 2.53. The Morgan fingerprint density at radius 3 is 2.35 bits per heavy atom. The Balaban J connectivity index is 1.95. The summed E-state index contributed by atoms with van der Waals surface area (Å²) in [6.45, 7) is -0.0339. The minimum absolute atomic E-state index is 0.0339. The number of alkyl halides is 3. The fraction of sp³-hybridized carbons (Fsp3) is 0.158. The van der Waals surface area contributed by atoms with E-state index in [1.807, 2.05) is 0 Å². The number of amides is 1. The molecule has 26 heavy (non-hydrogen) atoms. The third-order valence-electron chi connectivity index (χ3n) is 3.33. The molecule has 2 aromatic carbocycles. The van der Waals surface area contributed by atoms with Crippen LogP contribution >= 0.6 is 0 Å². The minimum atomic E-state index is -4.43. The molecule has 0 heterocycles. The third-order valence-corrected chi connectivity index (χ3v) is 3.33. The van der Waals surface area contributed by atoms with Crippen LogP contribution in [0.5, 0.6) is 0 Å². The van der Waals surface area contributed by atoms with Crippen molar-refractivity contribution in [2.45, 2.75) is 6.18 Å². The van der Waals surface area contributed by atoms with Gasteiger partial charge in [0.15, 0.2) is 0 Å². The topological polar surface area (TPSA) is 55.4 Å². The van der Waals surface area contributed by atoms with Gasteiger partial charge in [-0.2, -0.15) is 13.2 Å². The van der Waals surface area contributed by atoms with Gasteiger partial charge in [0.1, 0.15) is 0 Å². The van der Waals surface area contributed by atoms with Crippen LogP contribution in [0, 0.1) is 11.8 Å². The van der Waals surface area contributed by atoms with Gasteiger partial charge >= 0.3 is 12.1 Å². The molecule has 0 aromatic heterocycles. The Morgan fingerprint density at radius 1 is 1.08 bits per heavy atom. The van der Waals surface area contributed by atoms with Crippen molar-refractivity contribution in [3.05, 3.63) is 70.8 Å². The first-order valence-electron chi connectivity index (χ1n) is 7.44. The van der Waals surface area contributed by atoms with Crippen LogP contribution in [0.4, 0.5) is 13.2 Å². The molecule has 1 amide bonds. The first-order chi connectivity index (χ1) is 12.3. The van der Waals surface area contributed by atoms with Crippen LogP contribution in [-0.2, 0) is 10.9 Å². The first kappa shape index (κ1) is 19.1. The smallest absolute Gasteiger partial charge is 0.416 e. The molecule has 7 heteroatoms. The molecule has 0 radical (unpaired) electrons. The van der Waals surface area contributed by atoms with Gasteiger partial charge < -0.3 is 10.1 Å². The van der Waals surface area contributed by atoms with Crippen molar-refractivity contribution < 1.29 is 27.5 Å². The SMILES string of the molecule is COC(=O)c1ccc(C(=O)NCC#Cc2cccc(C(F)(F)F)c2)cc1. The number of halogens is 3. The molecular weight excluding hydrogens is 347 g/mol. The van der Waals surface area contributed by atoms with Crippen LogP contribution in [0.2, 0.25) is 0 Å². The Kier molecular flexibility index (Phi) is 6.02. The van der Waals surface area contributed by atoms with Crippen molar-refractivity contribution in [1.29, 1.82) is 0 Å². The van der Waals surface area contributed by atoms with Crippen LogP contribution in [-0.4, -0.2) is 25.5 Å². The van der Waals surface area contributed by atoms with Crippen molar-refractivity contribution >= 4 is 11.9 Å². The van der Waals surface area contributed by atoms with E-state index in [4.69, 9.17) is 0 Å². The Bertz CT molecular complexity index is 862. The Hall–Kier alpha value is -3.27. The zero-order chi connectivity index (χ0) is 19.2. The molecule has 0 aliphatic rings. The molecule has 2 rings (SSSR count). The van der Waals surface area contributed by atoms with Crippen molar-refractivity contribution in [2.24, 2.45) is 0 Å². The van der Waals surface area contributed by atoms with Crippen LogP contribution < -0.4 is 5.32 Å². The maximum atomic E-state index is 12.6. The van der Waals surface area contributed by atoms with E-state index in [0.717, 1.165) is 12.1 Å². The second-order valence-corrected chi connectivity index (χ2v) is 5.13. The molecular formula is C19H14F3NO3. The van der Waals surface area contributed by atoms with Gasteiger partial charge in [-0.05, 0) is 42.5 Å². The van der Waals surface area contributed by atoms with E-state index in [-0.39, 0.29) is 12.1 Å². The third kappa shape index (κ3) is 5.11. The molecule has 2 aromatic rings. The number of hydrogen-bond acceptors (Lipinski definition) is 3. The monoisotopic (exact) mass is 361 g/mol. The zero-order valence-electron chi connectivity index (χ0n) is 13.7. The molecule has 4 nitrogen and oxygen atoms in total. The van der Waals surface area contributed by atoms with Crippen LogP contribution in [0.25, 0.3) is 0 Å².